The Morgan fingerprint density at radius 3 is 1.83 bits per heavy atom. The van der Waals surface area contributed by atoms with Crippen LogP contribution < -0.4 is 16.0 Å². The van der Waals surface area contributed by atoms with Gasteiger partial charge in [0.05, 0.1) is 6.04 Å². The van der Waals surface area contributed by atoms with Crippen molar-refractivity contribution in [1.29, 1.82) is 0 Å². The van der Waals surface area contributed by atoms with Crippen LogP contribution in [0.3, 0.4) is 0 Å². The highest BCUT2D eigenvalue weighted by atomic mass is 16.2. The highest BCUT2D eigenvalue weighted by Crippen LogP contribution is 2.21. The predicted molar refractivity (Wildman–Crippen MR) is 88.6 cm³/mol. The Hall–Kier alpha value is -2.66. The molecule has 0 heterocycles. The molecule has 0 aliphatic rings. The minimum Gasteiger partial charge on any atom is -0.354 e. The standard InChI is InChI=1S/C18H21N3O2/c1-19-16(22)12-20-13-17(23)21-18(14-8-4-2-5-9-14)15-10-6-3-7-11-15/h2-11,18,20H,12-13H2,1H3,(H,19,22)(H,21,23)/p+1. The predicted octanol–water partition coefficient (Wildman–Crippen LogP) is 0.202. The summed E-state index contributed by atoms with van der Waals surface area (Å²) in [7, 11) is 1.58. The molecule has 0 atom stereocenters. The molecule has 0 unspecified atom stereocenters. The summed E-state index contributed by atoms with van der Waals surface area (Å²) in [4.78, 5) is 23.4. The lowest BCUT2D eigenvalue weighted by Gasteiger charge is -2.19. The number of amides is 2. The van der Waals surface area contributed by atoms with Crippen LogP contribution in [0.15, 0.2) is 60.7 Å². The molecular formula is C18H22N3O2+. The fraction of sp³-hybridized carbons (Fsp3) is 0.222. The van der Waals surface area contributed by atoms with Crippen LogP contribution in [0, 0.1) is 0 Å². The number of nitrogens with two attached hydrogens (primary N) is 1. The zero-order chi connectivity index (χ0) is 16.5. The van der Waals surface area contributed by atoms with E-state index < -0.39 is 0 Å². The highest BCUT2D eigenvalue weighted by molar-refractivity contribution is 5.79. The molecular weight excluding hydrogens is 290 g/mol. The summed E-state index contributed by atoms with van der Waals surface area (Å²) in [6.45, 7) is 0.453. The minimum absolute atomic E-state index is 0.0968. The average molecular weight is 312 g/mol. The van der Waals surface area contributed by atoms with Crippen LogP contribution in [0.4, 0.5) is 0 Å². The molecule has 5 nitrogen and oxygen atoms in total. The molecule has 0 aromatic heterocycles. The Kier molecular flexibility index (Phi) is 6.32. The van der Waals surface area contributed by atoms with Gasteiger partial charge in [0.1, 0.15) is 0 Å². The molecule has 5 heteroatoms. The zero-order valence-corrected chi connectivity index (χ0v) is 13.2. The number of benzene rings is 2. The minimum atomic E-state index is -0.196. The first-order chi connectivity index (χ1) is 11.2. The molecule has 2 amide bonds. The Morgan fingerprint density at radius 2 is 1.35 bits per heavy atom. The van der Waals surface area contributed by atoms with Crippen molar-refractivity contribution in [3.8, 4) is 0 Å². The third-order valence-corrected chi connectivity index (χ3v) is 3.51. The van der Waals surface area contributed by atoms with Crippen molar-refractivity contribution in [2.24, 2.45) is 0 Å². The van der Waals surface area contributed by atoms with Gasteiger partial charge < -0.3 is 16.0 Å². The summed E-state index contributed by atoms with van der Waals surface area (Å²) in [6.07, 6.45) is 0. The largest absolute Gasteiger partial charge is 0.354 e. The number of quaternary nitrogens is 1. The number of carbonyl (C=O) groups excluding carboxylic acids is 2. The number of nitrogens with one attached hydrogen (secondary N) is 2. The van der Waals surface area contributed by atoms with Gasteiger partial charge in [0, 0.05) is 7.05 Å². The van der Waals surface area contributed by atoms with Gasteiger partial charge >= 0.3 is 0 Å². The van der Waals surface area contributed by atoms with Crippen molar-refractivity contribution >= 4 is 11.8 Å². The Balaban J connectivity index is 2.04. The van der Waals surface area contributed by atoms with E-state index in [2.05, 4.69) is 10.6 Å². The van der Waals surface area contributed by atoms with Crippen LogP contribution in [0.5, 0.6) is 0 Å². The number of rotatable bonds is 7. The first-order valence-electron chi connectivity index (χ1n) is 7.62. The molecule has 23 heavy (non-hydrogen) atoms. The van der Waals surface area contributed by atoms with Gasteiger partial charge in [-0.3, -0.25) is 9.59 Å². The summed E-state index contributed by atoms with van der Waals surface area (Å²) in [5.74, 6) is -0.202. The maximum absolute atomic E-state index is 12.2. The van der Waals surface area contributed by atoms with Crippen molar-refractivity contribution in [2.45, 2.75) is 6.04 Å². The summed E-state index contributed by atoms with van der Waals surface area (Å²) in [6, 6.07) is 19.5. The van der Waals surface area contributed by atoms with E-state index in [9.17, 15) is 9.59 Å². The van der Waals surface area contributed by atoms with Gasteiger partial charge in [-0.15, -0.1) is 0 Å². The van der Waals surface area contributed by atoms with Crippen LogP contribution >= 0.6 is 0 Å². The second-order valence-corrected chi connectivity index (χ2v) is 5.19. The SMILES string of the molecule is CNC(=O)C[NH2+]CC(=O)NC(c1ccccc1)c1ccccc1. The van der Waals surface area contributed by atoms with E-state index in [-0.39, 0.29) is 30.9 Å². The van der Waals surface area contributed by atoms with Crippen LogP contribution in [-0.2, 0) is 9.59 Å². The third kappa shape index (κ3) is 5.23. The van der Waals surface area contributed by atoms with Crippen molar-refractivity contribution in [2.75, 3.05) is 20.1 Å². The quantitative estimate of drug-likeness (QED) is 0.683. The van der Waals surface area contributed by atoms with Gasteiger partial charge in [-0.05, 0) is 11.1 Å². The fourth-order valence-electron chi connectivity index (χ4n) is 2.31. The number of carbonyl (C=O) groups is 2. The monoisotopic (exact) mass is 312 g/mol. The van der Waals surface area contributed by atoms with Crippen molar-refractivity contribution in [1.82, 2.24) is 10.6 Å². The van der Waals surface area contributed by atoms with Gasteiger partial charge in [0.15, 0.2) is 13.1 Å². The van der Waals surface area contributed by atoms with Gasteiger partial charge in [-0.25, -0.2) is 0 Å². The van der Waals surface area contributed by atoms with Crippen LogP contribution in [-0.4, -0.2) is 32.0 Å². The maximum atomic E-state index is 12.2. The van der Waals surface area contributed by atoms with E-state index >= 15 is 0 Å². The van der Waals surface area contributed by atoms with Crippen molar-refractivity contribution < 1.29 is 14.9 Å². The van der Waals surface area contributed by atoms with E-state index in [0.29, 0.717) is 0 Å². The molecule has 0 saturated carbocycles. The molecule has 2 aromatic rings. The highest BCUT2D eigenvalue weighted by Gasteiger charge is 2.17. The van der Waals surface area contributed by atoms with Crippen molar-refractivity contribution in [3.63, 3.8) is 0 Å². The second kappa shape index (κ2) is 8.70. The lowest BCUT2D eigenvalue weighted by atomic mass is 9.99. The molecule has 0 aliphatic carbocycles. The van der Waals surface area contributed by atoms with Crippen molar-refractivity contribution in [3.05, 3.63) is 71.8 Å². The number of likely N-dealkylation sites (N-methyl/N-ethyl adjacent to an activating group) is 1. The van der Waals surface area contributed by atoms with E-state index in [1.54, 1.807) is 12.4 Å². The van der Waals surface area contributed by atoms with E-state index in [1.165, 1.54) is 0 Å². The second-order valence-electron chi connectivity index (χ2n) is 5.19. The Labute approximate surface area is 136 Å². The maximum Gasteiger partial charge on any atom is 0.275 e. The summed E-state index contributed by atoms with van der Waals surface area (Å²) in [5, 5.41) is 7.25. The van der Waals surface area contributed by atoms with Crippen LogP contribution in [0.1, 0.15) is 17.2 Å². The average Bonchev–Trinajstić information content (AvgIpc) is 2.61. The fourth-order valence-corrected chi connectivity index (χ4v) is 2.31. The topological polar surface area (TPSA) is 74.8 Å². The van der Waals surface area contributed by atoms with Gasteiger partial charge in [-0.1, -0.05) is 60.7 Å². The summed E-state index contributed by atoms with van der Waals surface area (Å²) >= 11 is 0. The van der Waals surface area contributed by atoms with E-state index in [4.69, 9.17) is 0 Å². The molecule has 0 fully saturated rings. The van der Waals surface area contributed by atoms with E-state index in [1.807, 2.05) is 60.7 Å². The van der Waals surface area contributed by atoms with Gasteiger partial charge in [-0.2, -0.15) is 0 Å². The van der Waals surface area contributed by atoms with Crippen LogP contribution in [0.2, 0.25) is 0 Å². The van der Waals surface area contributed by atoms with Gasteiger partial charge in [0.25, 0.3) is 11.8 Å². The molecule has 0 saturated heterocycles. The van der Waals surface area contributed by atoms with Crippen LogP contribution in [0.25, 0.3) is 0 Å². The first kappa shape index (κ1) is 16.7. The number of hydrogen-bond acceptors (Lipinski definition) is 2. The molecule has 0 aliphatic heterocycles. The first-order valence-corrected chi connectivity index (χ1v) is 7.62. The Bertz CT molecular complexity index is 590. The third-order valence-electron chi connectivity index (χ3n) is 3.51. The summed E-state index contributed by atoms with van der Waals surface area (Å²) < 4.78 is 0. The molecule has 2 aromatic carbocycles. The molecule has 0 spiro atoms. The molecule has 0 radical (unpaired) electrons. The lowest BCUT2D eigenvalue weighted by Crippen LogP contribution is -2.88. The normalized spacial score (nSPS) is 10.3. The van der Waals surface area contributed by atoms with E-state index in [0.717, 1.165) is 11.1 Å². The molecule has 2 rings (SSSR count). The molecule has 4 N–H and O–H groups in total. The number of hydrogen-bond donors (Lipinski definition) is 3. The smallest absolute Gasteiger partial charge is 0.275 e. The zero-order valence-electron chi connectivity index (χ0n) is 13.2. The lowest BCUT2D eigenvalue weighted by molar-refractivity contribution is -0.633. The molecule has 120 valence electrons. The Morgan fingerprint density at radius 1 is 0.870 bits per heavy atom. The summed E-state index contributed by atoms with van der Waals surface area (Å²) in [5.41, 5.74) is 2.05. The molecule has 0 bridgehead atoms. The van der Waals surface area contributed by atoms with Gasteiger partial charge in [0.2, 0.25) is 0 Å².